The Morgan fingerprint density at radius 3 is 2.22 bits per heavy atom. The third-order valence-electron chi connectivity index (χ3n) is 3.68. The van der Waals surface area contributed by atoms with E-state index in [1.165, 1.54) is 23.9 Å². The van der Waals surface area contributed by atoms with E-state index in [9.17, 15) is 13.2 Å². The van der Waals surface area contributed by atoms with Gasteiger partial charge in [-0.15, -0.1) is 12.4 Å². The van der Waals surface area contributed by atoms with Gasteiger partial charge in [-0.1, -0.05) is 54.2 Å². The number of aromatic nitrogens is 2. The molecule has 0 aliphatic rings. The highest BCUT2D eigenvalue weighted by atomic mass is 35.5. The molecule has 142 valence electrons. The molecule has 0 saturated carbocycles. The SMILES string of the molecule is CNc1cc(-c2ccc(C(F)(F)F)cc2)nc(SCc2ccccc2)n1.Cl. The average molecular weight is 412 g/mol. The molecule has 8 heteroatoms. The molecule has 3 nitrogen and oxygen atoms in total. The van der Waals surface area contributed by atoms with Crippen LogP contribution in [-0.2, 0) is 11.9 Å². The van der Waals surface area contributed by atoms with Crippen molar-refractivity contribution >= 4 is 30.0 Å². The van der Waals surface area contributed by atoms with Gasteiger partial charge in [0.15, 0.2) is 5.16 Å². The highest BCUT2D eigenvalue weighted by molar-refractivity contribution is 7.98. The molecular formula is C19H17ClF3N3S. The molecule has 27 heavy (non-hydrogen) atoms. The molecule has 0 radical (unpaired) electrons. The molecular weight excluding hydrogens is 395 g/mol. The highest BCUT2D eigenvalue weighted by Crippen LogP contribution is 2.31. The molecule has 0 fully saturated rings. The van der Waals surface area contributed by atoms with Crippen LogP contribution in [0.5, 0.6) is 0 Å². The molecule has 3 rings (SSSR count). The second-order valence-electron chi connectivity index (χ2n) is 5.52. The molecule has 0 bridgehead atoms. The summed E-state index contributed by atoms with van der Waals surface area (Å²) >= 11 is 1.48. The summed E-state index contributed by atoms with van der Waals surface area (Å²) in [7, 11) is 1.74. The molecule has 0 atom stereocenters. The zero-order chi connectivity index (χ0) is 18.6. The Labute approximate surface area is 165 Å². The van der Waals surface area contributed by atoms with E-state index < -0.39 is 11.7 Å². The van der Waals surface area contributed by atoms with E-state index in [-0.39, 0.29) is 12.4 Å². The van der Waals surface area contributed by atoms with Gasteiger partial charge in [0, 0.05) is 24.4 Å². The minimum atomic E-state index is -4.35. The Hall–Kier alpha value is -2.25. The summed E-state index contributed by atoms with van der Waals surface area (Å²) in [6.45, 7) is 0. The molecule has 0 saturated heterocycles. The van der Waals surface area contributed by atoms with Gasteiger partial charge < -0.3 is 5.32 Å². The number of halogens is 4. The minimum Gasteiger partial charge on any atom is -0.373 e. The highest BCUT2D eigenvalue weighted by Gasteiger charge is 2.30. The normalized spacial score (nSPS) is 11.0. The molecule has 3 aromatic rings. The van der Waals surface area contributed by atoms with Crippen molar-refractivity contribution in [3.63, 3.8) is 0 Å². The Morgan fingerprint density at radius 1 is 0.963 bits per heavy atom. The number of hydrogen-bond acceptors (Lipinski definition) is 4. The Bertz CT molecular complexity index is 872. The van der Waals surface area contributed by atoms with Gasteiger partial charge in [-0.2, -0.15) is 13.2 Å². The maximum absolute atomic E-state index is 12.7. The van der Waals surface area contributed by atoms with Gasteiger partial charge in [-0.05, 0) is 17.7 Å². The minimum absolute atomic E-state index is 0. The van der Waals surface area contributed by atoms with Crippen LogP contribution < -0.4 is 5.32 Å². The van der Waals surface area contributed by atoms with Crippen molar-refractivity contribution in [3.05, 3.63) is 71.8 Å². The maximum Gasteiger partial charge on any atom is 0.416 e. The number of rotatable bonds is 5. The predicted octanol–water partition coefficient (Wildman–Crippen LogP) is 5.92. The van der Waals surface area contributed by atoms with Crippen molar-refractivity contribution < 1.29 is 13.2 Å². The number of nitrogens with zero attached hydrogens (tertiary/aromatic N) is 2. The molecule has 0 aliphatic carbocycles. The lowest BCUT2D eigenvalue weighted by Crippen LogP contribution is -2.04. The summed E-state index contributed by atoms with van der Waals surface area (Å²) in [5, 5.41) is 3.53. The fourth-order valence-electron chi connectivity index (χ4n) is 2.32. The second kappa shape index (κ2) is 9.10. The van der Waals surface area contributed by atoms with Gasteiger partial charge in [0.25, 0.3) is 0 Å². The number of benzene rings is 2. The van der Waals surface area contributed by atoms with E-state index in [1.54, 1.807) is 13.1 Å². The van der Waals surface area contributed by atoms with Crippen LogP contribution in [0.4, 0.5) is 19.0 Å². The van der Waals surface area contributed by atoms with Crippen molar-refractivity contribution in [3.8, 4) is 11.3 Å². The first-order valence-electron chi connectivity index (χ1n) is 7.87. The van der Waals surface area contributed by atoms with E-state index in [2.05, 4.69) is 15.3 Å². The van der Waals surface area contributed by atoms with Crippen LogP contribution in [-0.4, -0.2) is 17.0 Å². The fourth-order valence-corrected chi connectivity index (χ4v) is 3.13. The molecule has 2 aromatic carbocycles. The van der Waals surface area contributed by atoms with Crippen LogP contribution in [0.15, 0.2) is 65.8 Å². The summed E-state index contributed by atoms with van der Waals surface area (Å²) in [6, 6.07) is 16.6. The lowest BCUT2D eigenvalue weighted by Gasteiger charge is -2.10. The van der Waals surface area contributed by atoms with Crippen molar-refractivity contribution in [2.45, 2.75) is 17.1 Å². The average Bonchev–Trinajstić information content (AvgIpc) is 2.66. The van der Waals surface area contributed by atoms with Crippen LogP contribution in [0.3, 0.4) is 0 Å². The molecule has 0 amide bonds. The first-order valence-corrected chi connectivity index (χ1v) is 8.85. The summed E-state index contributed by atoms with van der Waals surface area (Å²) in [5.41, 5.74) is 1.65. The fraction of sp³-hybridized carbons (Fsp3) is 0.158. The van der Waals surface area contributed by atoms with E-state index in [4.69, 9.17) is 0 Å². The number of thioether (sulfide) groups is 1. The van der Waals surface area contributed by atoms with E-state index in [0.717, 1.165) is 17.7 Å². The second-order valence-corrected chi connectivity index (χ2v) is 6.46. The van der Waals surface area contributed by atoms with Crippen molar-refractivity contribution in [1.82, 2.24) is 9.97 Å². The van der Waals surface area contributed by atoms with E-state index in [1.807, 2.05) is 30.3 Å². The smallest absolute Gasteiger partial charge is 0.373 e. The van der Waals surface area contributed by atoms with E-state index >= 15 is 0 Å². The van der Waals surface area contributed by atoms with Crippen LogP contribution in [0.25, 0.3) is 11.3 Å². The molecule has 1 heterocycles. The summed E-state index contributed by atoms with van der Waals surface area (Å²) in [6.07, 6.45) is -4.35. The lowest BCUT2D eigenvalue weighted by atomic mass is 10.1. The molecule has 0 aliphatic heterocycles. The zero-order valence-corrected chi connectivity index (χ0v) is 16.0. The maximum atomic E-state index is 12.7. The third-order valence-corrected chi connectivity index (χ3v) is 4.60. The number of nitrogens with one attached hydrogen (secondary N) is 1. The van der Waals surface area contributed by atoms with Crippen molar-refractivity contribution in [1.29, 1.82) is 0 Å². The van der Waals surface area contributed by atoms with Gasteiger partial charge in [0.05, 0.1) is 11.3 Å². The number of alkyl halides is 3. The van der Waals surface area contributed by atoms with Crippen LogP contribution in [0.2, 0.25) is 0 Å². The van der Waals surface area contributed by atoms with Gasteiger partial charge in [-0.3, -0.25) is 0 Å². The van der Waals surface area contributed by atoms with Gasteiger partial charge in [-0.25, -0.2) is 9.97 Å². The molecule has 1 aromatic heterocycles. The Kier molecular flexibility index (Phi) is 7.10. The van der Waals surface area contributed by atoms with Gasteiger partial charge >= 0.3 is 6.18 Å². The monoisotopic (exact) mass is 411 g/mol. The quantitative estimate of drug-likeness (QED) is 0.418. The molecule has 1 N–H and O–H groups in total. The molecule has 0 unspecified atom stereocenters. The number of hydrogen-bond donors (Lipinski definition) is 1. The topological polar surface area (TPSA) is 37.8 Å². The Balaban J connectivity index is 0.00000261. The van der Waals surface area contributed by atoms with Gasteiger partial charge in [0.1, 0.15) is 5.82 Å². The number of anilines is 1. The van der Waals surface area contributed by atoms with Crippen LogP contribution in [0.1, 0.15) is 11.1 Å². The lowest BCUT2D eigenvalue weighted by molar-refractivity contribution is -0.137. The largest absolute Gasteiger partial charge is 0.416 e. The summed E-state index contributed by atoms with van der Waals surface area (Å²) in [5.74, 6) is 1.32. The van der Waals surface area contributed by atoms with Crippen LogP contribution >= 0.6 is 24.2 Å². The summed E-state index contributed by atoms with van der Waals surface area (Å²) < 4.78 is 38.2. The van der Waals surface area contributed by atoms with Crippen molar-refractivity contribution in [2.24, 2.45) is 0 Å². The standard InChI is InChI=1S/C19H16F3N3S.ClH/c1-23-17-11-16(14-7-9-15(10-8-14)19(20,21)22)24-18(25-17)26-12-13-5-3-2-4-6-13;/h2-11H,12H2,1H3,(H,23,24,25);1H. The first kappa shape index (κ1) is 21.1. The van der Waals surface area contributed by atoms with Crippen LogP contribution in [0, 0.1) is 0 Å². The first-order chi connectivity index (χ1) is 12.5. The zero-order valence-electron chi connectivity index (χ0n) is 14.3. The molecule has 0 spiro atoms. The van der Waals surface area contributed by atoms with Crippen molar-refractivity contribution in [2.75, 3.05) is 12.4 Å². The Morgan fingerprint density at radius 2 is 1.63 bits per heavy atom. The van der Waals surface area contributed by atoms with Gasteiger partial charge in [0.2, 0.25) is 0 Å². The predicted molar refractivity (Wildman–Crippen MR) is 105 cm³/mol. The third kappa shape index (κ3) is 5.61. The van der Waals surface area contributed by atoms with E-state index in [0.29, 0.717) is 28.0 Å². The summed E-state index contributed by atoms with van der Waals surface area (Å²) in [4.78, 5) is 8.90.